The van der Waals surface area contributed by atoms with E-state index in [0.29, 0.717) is 6.42 Å². The minimum Gasteiger partial charge on any atom is -0.316 e. The highest BCUT2D eigenvalue weighted by Gasteiger charge is 2.14. The molecule has 24 heavy (non-hydrogen) atoms. The van der Waals surface area contributed by atoms with E-state index >= 15 is 0 Å². The minimum atomic E-state index is -3.52. The van der Waals surface area contributed by atoms with Crippen LogP contribution in [0.3, 0.4) is 0 Å². The lowest BCUT2D eigenvalue weighted by Gasteiger charge is -2.17. The summed E-state index contributed by atoms with van der Waals surface area (Å²) in [6.07, 6.45) is 0.725. The molecule has 0 unspecified atom stereocenters. The third-order valence-electron chi connectivity index (χ3n) is 3.71. The molecule has 0 radical (unpaired) electrons. The fourth-order valence-corrected chi connectivity index (χ4v) is 3.28. The molecule has 2 aromatic rings. The number of anilines is 1. The zero-order chi connectivity index (χ0) is 17.6. The van der Waals surface area contributed by atoms with E-state index in [2.05, 4.69) is 4.72 Å². The Balaban J connectivity index is 1.82. The van der Waals surface area contributed by atoms with Crippen molar-refractivity contribution in [2.45, 2.75) is 24.7 Å². The molecule has 0 saturated carbocycles. The third-order valence-corrected chi connectivity index (χ3v) is 5.19. The highest BCUT2D eigenvalue weighted by Crippen LogP contribution is 2.13. The summed E-state index contributed by atoms with van der Waals surface area (Å²) in [5.74, 6) is -0.0456. The van der Waals surface area contributed by atoms with Crippen molar-refractivity contribution >= 4 is 21.6 Å². The summed E-state index contributed by atoms with van der Waals surface area (Å²) in [5.41, 5.74) is 1.83. The lowest BCUT2D eigenvalue weighted by Crippen LogP contribution is -2.29. The van der Waals surface area contributed by atoms with Crippen LogP contribution in [0.5, 0.6) is 0 Å². The van der Waals surface area contributed by atoms with E-state index in [0.717, 1.165) is 11.3 Å². The predicted molar refractivity (Wildman–Crippen MR) is 95.5 cm³/mol. The quantitative estimate of drug-likeness (QED) is 0.784. The lowest BCUT2D eigenvalue weighted by molar-refractivity contribution is -0.118. The van der Waals surface area contributed by atoms with Crippen molar-refractivity contribution in [2.75, 3.05) is 18.5 Å². The third kappa shape index (κ3) is 4.91. The van der Waals surface area contributed by atoms with Crippen LogP contribution in [0.15, 0.2) is 59.5 Å². The van der Waals surface area contributed by atoms with Crippen LogP contribution < -0.4 is 9.62 Å². The molecule has 2 aromatic carbocycles. The topological polar surface area (TPSA) is 66.5 Å². The maximum Gasteiger partial charge on any atom is 0.240 e. The van der Waals surface area contributed by atoms with Crippen molar-refractivity contribution < 1.29 is 13.2 Å². The number of hydrogen-bond acceptors (Lipinski definition) is 3. The zero-order valence-corrected chi connectivity index (χ0v) is 14.7. The number of aryl methyl sites for hydroxylation is 1. The molecule has 0 bridgehead atoms. The number of rotatable bonds is 7. The first-order valence-corrected chi connectivity index (χ1v) is 9.26. The van der Waals surface area contributed by atoms with Crippen LogP contribution in [0.4, 0.5) is 5.69 Å². The SMILES string of the molecule is Cc1ccc(S(=O)(=O)NCCCC(=O)N(C)c2ccccc2)cc1. The molecule has 1 amide bonds. The number of amides is 1. The van der Waals surface area contributed by atoms with Crippen molar-refractivity contribution in [1.29, 1.82) is 0 Å². The van der Waals surface area contributed by atoms with Gasteiger partial charge in [0.05, 0.1) is 4.90 Å². The van der Waals surface area contributed by atoms with Gasteiger partial charge in [0.2, 0.25) is 15.9 Å². The zero-order valence-electron chi connectivity index (χ0n) is 13.9. The monoisotopic (exact) mass is 346 g/mol. The Bertz CT molecular complexity index is 772. The Morgan fingerprint density at radius 1 is 1.04 bits per heavy atom. The molecule has 5 nitrogen and oxygen atoms in total. The van der Waals surface area contributed by atoms with Gasteiger partial charge < -0.3 is 4.90 Å². The molecule has 0 aliphatic rings. The van der Waals surface area contributed by atoms with Crippen molar-refractivity contribution in [2.24, 2.45) is 0 Å². The number of para-hydroxylation sites is 1. The minimum absolute atomic E-state index is 0.0456. The van der Waals surface area contributed by atoms with Gasteiger partial charge in [0.25, 0.3) is 0 Å². The Hall–Kier alpha value is -2.18. The number of carbonyl (C=O) groups is 1. The molecule has 0 aliphatic heterocycles. The molecule has 0 fully saturated rings. The number of benzene rings is 2. The van der Waals surface area contributed by atoms with Crippen LogP contribution >= 0.6 is 0 Å². The molecule has 2 rings (SSSR count). The molecule has 1 N–H and O–H groups in total. The van der Waals surface area contributed by atoms with Crippen molar-refractivity contribution in [3.05, 3.63) is 60.2 Å². The van der Waals surface area contributed by atoms with Gasteiger partial charge in [-0.15, -0.1) is 0 Å². The Labute approximate surface area is 143 Å². The molecule has 128 valence electrons. The van der Waals surface area contributed by atoms with Gasteiger partial charge in [-0.1, -0.05) is 35.9 Å². The largest absolute Gasteiger partial charge is 0.316 e. The predicted octanol–water partition coefficient (Wildman–Crippen LogP) is 2.72. The summed E-state index contributed by atoms with van der Waals surface area (Å²) < 4.78 is 26.8. The second-order valence-electron chi connectivity index (χ2n) is 5.60. The lowest BCUT2D eigenvalue weighted by atomic mass is 10.2. The van der Waals surface area contributed by atoms with E-state index in [4.69, 9.17) is 0 Å². The maximum atomic E-state index is 12.1. The fourth-order valence-electron chi connectivity index (χ4n) is 2.21. The van der Waals surface area contributed by atoms with Gasteiger partial charge in [-0.25, -0.2) is 13.1 Å². The molecular weight excluding hydrogens is 324 g/mol. The fraction of sp³-hybridized carbons (Fsp3) is 0.278. The van der Waals surface area contributed by atoms with Crippen LogP contribution in [0.1, 0.15) is 18.4 Å². The van der Waals surface area contributed by atoms with E-state index < -0.39 is 10.0 Å². The first kappa shape index (κ1) is 18.2. The molecule has 0 aliphatic carbocycles. The second kappa shape index (κ2) is 8.08. The molecule has 0 atom stereocenters. The number of nitrogens with one attached hydrogen (secondary N) is 1. The summed E-state index contributed by atoms with van der Waals surface area (Å²) in [5, 5.41) is 0. The standard InChI is InChI=1S/C18H22N2O3S/c1-15-10-12-17(13-11-15)24(22,23)19-14-6-9-18(21)20(2)16-7-4-3-5-8-16/h3-5,7-8,10-13,19H,6,9,14H2,1-2H3. The maximum absolute atomic E-state index is 12.1. The summed E-state index contributed by atoms with van der Waals surface area (Å²) in [6, 6.07) is 16.0. The highest BCUT2D eigenvalue weighted by atomic mass is 32.2. The van der Waals surface area contributed by atoms with Crippen LogP contribution in [-0.4, -0.2) is 27.9 Å². The Morgan fingerprint density at radius 2 is 1.67 bits per heavy atom. The highest BCUT2D eigenvalue weighted by molar-refractivity contribution is 7.89. The van der Waals surface area contributed by atoms with Gasteiger partial charge in [0, 0.05) is 25.7 Å². The van der Waals surface area contributed by atoms with E-state index in [1.807, 2.05) is 37.3 Å². The molecular formula is C18H22N2O3S. The van der Waals surface area contributed by atoms with Crippen molar-refractivity contribution in [3.8, 4) is 0 Å². The van der Waals surface area contributed by atoms with Crippen LogP contribution in [0, 0.1) is 6.92 Å². The Morgan fingerprint density at radius 3 is 2.29 bits per heavy atom. The Kier molecular flexibility index (Phi) is 6.11. The molecule has 0 saturated heterocycles. The van der Waals surface area contributed by atoms with Crippen LogP contribution in [0.25, 0.3) is 0 Å². The van der Waals surface area contributed by atoms with Gasteiger partial charge >= 0.3 is 0 Å². The first-order chi connectivity index (χ1) is 11.4. The van der Waals surface area contributed by atoms with Gasteiger partial charge in [0.15, 0.2) is 0 Å². The van der Waals surface area contributed by atoms with Crippen molar-refractivity contribution in [3.63, 3.8) is 0 Å². The average Bonchev–Trinajstić information content (AvgIpc) is 2.59. The molecule has 0 heterocycles. The van der Waals surface area contributed by atoms with Gasteiger partial charge in [-0.3, -0.25) is 4.79 Å². The summed E-state index contributed by atoms with van der Waals surface area (Å²) >= 11 is 0. The van der Waals surface area contributed by atoms with Gasteiger partial charge in [0.1, 0.15) is 0 Å². The molecule has 0 aromatic heterocycles. The first-order valence-electron chi connectivity index (χ1n) is 7.78. The van der Waals surface area contributed by atoms with E-state index in [9.17, 15) is 13.2 Å². The van der Waals surface area contributed by atoms with Crippen molar-refractivity contribution in [1.82, 2.24) is 4.72 Å². The summed E-state index contributed by atoms with van der Waals surface area (Å²) in [4.78, 5) is 13.9. The second-order valence-corrected chi connectivity index (χ2v) is 7.37. The summed E-state index contributed by atoms with van der Waals surface area (Å²) in [6.45, 7) is 2.13. The number of carbonyl (C=O) groups excluding carboxylic acids is 1. The molecule has 0 spiro atoms. The van der Waals surface area contributed by atoms with Crippen LogP contribution in [-0.2, 0) is 14.8 Å². The molecule has 6 heteroatoms. The smallest absolute Gasteiger partial charge is 0.240 e. The van der Waals surface area contributed by atoms with E-state index in [1.165, 1.54) is 0 Å². The number of hydrogen-bond donors (Lipinski definition) is 1. The van der Waals surface area contributed by atoms with E-state index in [1.54, 1.807) is 36.2 Å². The summed E-state index contributed by atoms with van der Waals surface area (Å²) in [7, 11) is -1.81. The number of sulfonamides is 1. The van der Waals surface area contributed by atoms with Crippen LogP contribution in [0.2, 0.25) is 0 Å². The average molecular weight is 346 g/mol. The number of nitrogens with zero attached hydrogens (tertiary/aromatic N) is 1. The van der Waals surface area contributed by atoms with E-state index in [-0.39, 0.29) is 23.8 Å². The normalized spacial score (nSPS) is 11.2. The van der Waals surface area contributed by atoms with Gasteiger partial charge in [-0.2, -0.15) is 0 Å². The van der Waals surface area contributed by atoms with Gasteiger partial charge in [-0.05, 0) is 37.6 Å².